The molecule has 1 aromatic carbocycles. The number of nitrogens with one attached hydrogen (secondary N) is 1. The third kappa shape index (κ3) is 3.44. The van der Waals surface area contributed by atoms with Crippen LogP contribution in [-0.4, -0.2) is 13.4 Å². The van der Waals surface area contributed by atoms with Gasteiger partial charge in [0, 0.05) is 15.7 Å². The minimum Gasteiger partial charge on any atom is -0.263 e. The zero-order valence-corrected chi connectivity index (χ0v) is 14.1. The standard InChI is InChI=1S/C12H9BrCl2N2O2S/c1-7-4-8(13)6-16-12(7)17-20(18,19)11-5-9(14)2-3-10(11)15/h2-6H,1H3,(H,16,17). The first kappa shape index (κ1) is 15.6. The van der Waals surface area contributed by atoms with E-state index >= 15 is 0 Å². The Hall–Kier alpha value is -0.820. The fraction of sp³-hybridized carbons (Fsp3) is 0.0833. The van der Waals surface area contributed by atoms with Crippen molar-refractivity contribution in [3.05, 3.63) is 50.5 Å². The Morgan fingerprint density at radius 1 is 1.25 bits per heavy atom. The first-order chi connectivity index (χ1) is 9.29. The van der Waals surface area contributed by atoms with E-state index in [1.54, 1.807) is 13.0 Å². The predicted molar refractivity (Wildman–Crippen MR) is 83.9 cm³/mol. The second-order valence-corrected chi connectivity index (χ2v) is 7.41. The molecule has 0 aliphatic carbocycles. The topological polar surface area (TPSA) is 59.1 Å². The Kier molecular flexibility index (Phi) is 4.59. The molecular weight excluding hydrogens is 387 g/mol. The third-order valence-electron chi connectivity index (χ3n) is 2.46. The van der Waals surface area contributed by atoms with Gasteiger partial charge in [0.25, 0.3) is 10.0 Å². The molecule has 8 heteroatoms. The fourth-order valence-corrected chi connectivity index (χ4v) is 3.80. The van der Waals surface area contributed by atoms with Crippen molar-refractivity contribution in [2.45, 2.75) is 11.8 Å². The summed E-state index contributed by atoms with van der Waals surface area (Å²) >= 11 is 15.0. The van der Waals surface area contributed by atoms with Gasteiger partial charge in [0.2, 0.25) is 0 Å². The first-order valence-corrected chi connectivity index (χ1v) is 8.43. The predicted octanol–water partition coefficient (Wildman–Crippen LogP) is 4.26. The largest absolute Gasteiger partial charge is 0.264 e. The molecule has 0 atom stereocenters. The molecule has 0 aliphatic heterocycles. The van der Waals surface area contributed by atoms with Gasteiger partial charge in [-0.15, -0.1) is 0 Å². The minimum atomic E-state index is -3.85. The van der Waals surface area contributed by atoms with Crippen molar-refractivity contribution in [2.24, 2.45) is 0 Å². The number of benzene rings is 1. The molecule has 0 aliphatic rings. The Balaban J connectivity index is 2.43. The van der Waals surface area contributed by atoms with Gasteiger partial charge < -0.3 is 0 Å². The maximum Gasteiger partial charge on any atom is 0.264 e. The van der Waals surface area contributed by atoms with Gasteiger partial charge in [-0.2, -0.15) is 0 Å². The molecule has 20 heavy (non-hydrogen) atoms. The highest BCUT2D eigenvalue weighted by Gasteiger charge is 2.20. The molecule has 0 unspecified atom stereocenters. The molecule has 1 heterocycles. The number of aryl methyl sites for hydroxylation is 1. The third-order valence-corrected chi connectivity index (χ3v) is 4.95. The summed E-state index contributed by atoms with van der Waals surface area (Å²) in [6.07, 6.45) is 1.50. The summed E-state index contributed by atoms with van der Waals surface area (Å²) in [6, 6.07) is 6.00. The molecule has 1 N–H and O–H groups in total. The smallest absolute Gasteiger partial charge is 0.263 e. The summed E-state index contributed by atoms with van der Waals surface area (Å²) < 4.78 is 27.8. The zero-order chi connectivity index (χ0) is 14.9. The average molecular weight is 396 g/mol. The molecule has 0 radical (unpaired) electrons. The molecule has 1 aromatic heterocycles. The van der Waals surface area contributed by atoms with Gasteiger partial charge >= 0.3 is 0 Å². The van der Waals surface area contributed by atoms with Crippen LogP contribution in [0.25, 0.3) is 0 Å². The number of anilines is 1. The van der Waals surface area contributed by atoms with Gasteiger partial charge in [-0.25, -0.2) is 13.4 Å². The SMILES string of the molecule is Cc1cc(Br)cnc1NS(=O)(=O)c1cc(Cl)ccc1Cl. The van der Waals surface area contributed by atoms with Gasteiger partial charge in [-0.1, -0.05) is 23.2 Å². The number of nitrogens with zero attached hydrogens (tertiary/aromatic N) is 1. The molecule has 0 saturated carbocycles. The summed E-state index contributed by atoms with van der Waals surface area (Å²) in [6.45, 7) is 1.75. The van der Waals surface area contributed by atoms with Crippen molar-refractivity contribution < 1.29 is 8.42 Å². The van der Waals surface area contributed by atoms with E-state index in [4.69, 9.17) is 23.2 Å². The lowest BCUT2D eigenvalue weighted by Gasteiger charge is -2.11. The number of rotatable bonds is 3. The van der Waals surface area contributed by atoms with Gasteiger partial charge in [0.1, 0.15) is 10.7 Å². The monoisotopic (exact) mass is 394 g/mol. The average Bonchev–Trinajstić information content (AvgIpc) is 2.35. The molecule has 2 rings (SSSR count). The molecule has 2 aromatic rings. The Morgan fingerprint density at radius 2 is 1.95 bits per heavy atom. The van der Waals surface area contributed by atoms with Crippen LogP contribution in [0.2, 0.25) is 10.0 Å². The number of hydrogen-bond acceptors (Lipinski definition) is 3. The van der Waals surface area contributed by atoms with E-state index < -0.39 is 10.0 Å². The van der Waals surface area contributed by atoms with Crippen LogP contribution < -0.4 is 4.72 Å². The van der Waals surface area contributed by atoms with E-state index in [2.05, 4.69) is 25.6 Å². The van der Waals surface area contributed by atoms with Crippen LogP contribution in [0.3, 0.4) is 0 Å². The van der Waals surface area contributed by atoms with Crippen LogP contribution in [0.5, 0.6) is 0 Å². The summed E-state index contributed by atoms with van der Waals surface area (Å²) in [4.78, 5) is 3.94. The zero-order valence-electron chi connectivity index (χ0n) is 10.2. The van der Waals surface area contributed by atoms with E-state index in [0.29, 0.717) is 5.56 Å². The highest BCUT2D eigenvalue weighted by atomic mass is 79.9. The van der Waals surface area contributed by atoms with Gasteiger partial charge in [-0.3, -0.25) is 4.72 Å². The van der Waals surface area contributed by atoms with Crippen LogP contribution >= 0.6 is 39.1 Å². The molecular formula is C12H9BrCl2N2O2S. The molecule has 0 bridgehead atoms. The lowest BCUT2D eigenvalue weighted by atomic mass is 10.3. The number of aromatic nitrogens is 1. The van der Waals surface area contributed by atoms with E-state index in [1.165, 1.54) is 24.4 Å². The normalized spacial score (nSPS) is 11.4. The Morgan fingerprint density at radius 3 is 2.60 bits per heavy atom. The molecule has 0 amide bonds. The van der Waals surface area contributed by atoms with E-state index in [9.17, 15) is 8.42 Å². The van der Waals surface area contributed by atoms with Crippen LogP contribution in [0.4, 0.5) is 5.82 Å². The summed E-state index contributed by atoms with van der Waals surface area (Å²) in [5.41, 5.74) is 0.682. The van der Waals surface area contributed by atoms with Gasteiger partial charge in [-0.05, 0) is 52.7 Å². The summed E-state index contributed by atoms with van der Waals surface area (Å²) in [7, 11) is -3.85. The highest BCUT2D eigenvalue weighted by molar-refractivity contribution is 9.10. The fourth-order valence-electron chi connectivity index (χ4n) is 1.51. The minimum absolute atomic E-state index is 0.0872. The Bertz CT molecular complexity index is 766. The van der Waals surface area contributed by atoms with Crippen LogP contribution in [-0.2, 0) is 10.0 Å². The van der Waals surface area contributed by atoms with Crippen LogP contribution in [0, 0.1) is 6.92 Å². The summed E-state index contributed by atoms with van der Waals surface area (Å²) in [5, 5.41) is 0.381. The molecule has 4 nitrogen and oxygen atoms in total. The highest BCUT2D eigenvalue weighted by Crippen LogP contribution is 2.27. The maximum absolute atomic E-state index is 12.3. The van der Waals surface area contributed by atoms with Crippen LogP contribution in [0.15, 0.2) is 39.8 Å². The molecule has 0 saturated heterocycles. The summed E-state index contributed by atoms with van der Waals surface area (Å²) in [5.74, 6) is 0.240. The van der Waals surface area contributed by atoms with Crippen molar-refractivity contribution in [1.82, 2.24) is 4.98 Å². The van der Waals surface area contributed by atoms with Gasteiger partial charge in [0.15, 0.2) is 0 Å². The molecule has 0 spiro atoms. The number of halogens is 3. The molecule has 106 valence electrons. The van der Waals surface area contributed by atoms with E-state index in [-0.39, 0.29) is 20.8 Å². The molecule has 0 fully saturated rings. The second-order valence-electron chi connectivity index (χ2n) is 4.00. The lowest BCUT2D eigenvalue weighted by Crippen LogP contribution is -2.15. The number of hydrogen-bond donors (Lipinski definition) is 1. The maximum atomic E-state index is 12.3. The second kappa shape index (κ2) is 5.89. The van der Waals surface area contributed by atoms with E-state index in [0.717, 1.165) is 4.47 Å². The quantitative estimate of drug-likeness (QED) is 0.844. The number of pyridine rings is 1. The first-order valence-electron chi connectivity index (χ1n) is 5.39. The number of sulfonamides is 1. The van der Waals surface area contributed by atoms with Crippen LogP contribution in [0.1, 0.15) is 5.56 Å². The Labute approximate surface area is 135 Å². The van der Waals surface area contributed by atoms with Crippen molar-refractivity contribution in [3.8, 4) is 0 Å². The lowest BCUT2D eigenvalue weighted by molar-refractivity contribution is 0.601. The van der Waals surface area contributed by atoms with Crippen molar-refractivity contribution in [2.75, 3.05) is 4.72 Å². The van der Waals surface area contributed by atoms with E-state index in [1.807, 2.05) is 0 Å². The van der Waals surface area contributed by atoms with Crippen molar-refractivity contribution >= 4 is 55.0 Å². The van der Waals surface area contributed by atoms with Gasteiger partial charge in [0.05, 0.1) is 5.02 Å². The van der Waals surface area contributed by atoms with Crippen molar-refractivity contribution in [1.29, 1.82) is 0 Å². The van der Waals surface area contributed by atoms with Crippen molar-refractivity contribution in [3.63, 3.8) is 0 Å².